The Morgan fingerprint density at radius 1 is 1.15 bits per heavy atom. The largest absolute Gasteiger partial charge is 0.324 e. The minimum atomic E-state index is -4.26. The third-order valence-electron chi connectivity index (χ3n) is 3.14. The molecule has 20 heavy (non-hydrogen) atoms. The van der Waals surface area contributed by atoms with E-state index in [-0.39, 0.29) is 10.9 Å². The molecule has 2 aromatic rings. The first-order valence-electron chi connectivity index (χ1n) is 6.23. The van der Waals surface area contributed by atoms with E-state index >= 15 is 0 Å². The molecule has 3 N–H and O–H groups in total. The van der Waals surface area contributed by atoms with Gasteiger partial charge in [-0.2, -0.15) is 8.42 Å². The van der Waals surface area contributed by atoms with E-state index < -0.39 is 10.1 Å². The number of hydrogen-bond donors (Lipinski definition) is 2. The van der Waals surface area contributed by atoms with Gasteiger partial charge < -0.3 is 5.73 Å². The smallest absolute Gasteiger partial charge is 0.295 e. The molecule has 4 nitrogen and oxygen atoms in total. The van der Waals surface area contributed by atoms with Gasteiger partial charge in [0.2, 0.25) is 0 Å². The molecule has 0 radical (unpaired) electrons. The lowest BCUT2D eigenvalue weighted by Gasteiger charge is -2.11. The maximum Gasteiger partial charge on any atom is 0.295 e. The van der Waals surface area contributed by atoms with E-state index in [0.717, 1.165) is 16.7 Å². The average molecular weight is 291 g/mol. The van der Waals surface area contributed by atoms with Crippen molar-refractivity contribution in [2.24, 2.45) is 5.73 Å². The van der Waals surface area contributed by atoms with Crippen molar-refractivity contribution >= 4 is 10.1 Å². The maximum absolute atomic E-state index is 11.5. The summed E-state index contributed by atoms with van der Waals surface area (Å²) in [6, 6.07) is 12.0. The Morgan fingerprint density at radius 3 is 2.45 bits per heavy atom. The van der Waals surface area contributed by atoms with Gasteiger partial charge in [0.1, 0.15) is 4.90 Å². The van der Waals surface area contributed by atoms with Crippen LogP contribution in [0.1, 0.15) is 24.1 Å². The van der Waals surface area contributed by atoms with Crippen LogP contribution >= 0.6 is 0 Å². The fraction of sp³-hybridized carbons (Fsp3) is 0.200. The Balaban J connectivity index is 2.69. The molecule has 0 spiro atoms. The van der Waals surface area contributed by atoms with Gasteiger partial charge in [-0.05, 0) is 37.1 Å². The first-order valence-corrected chi connectivity index (χ1v) is 7.67. The van der Waals surface area contributed by atoms with E-state index in [9.17, 15) is 13.0 Å². The summed E-state index contributed by atoms with van der Waals surface area (Å²) in [7, 11) is -4.26. The van der Waals surface area contributed by atoms with Crippen molar-refractivity contribution < 1.29 is 13.0 Å². The van der Waals surface area contributed by atoms with Crippen LogP contribution in [0.25, 0.3) is 11.1 Å². The number of aryl methyl sites for hydroxylation is 1. The lowest BCUT2D eigenvalue weighted by Crippen LogP contribution is -2.05. The van der Waals surface area contributed by atoms with E-state index in [1.54, 1.807) is 18.2 Å². The zero-order valence-electron chi connectivity index (χ0n) is 11.4. The van der Waals surface area contributed by atoms with Gasteiger partial charge in [0, 0.05) is 11.6 Å². The summed E-state index contributed by atoms with van der Waals surface area (Å²) >= 11 is 0. The molecule has 0 saturated heterocycles. The zero-order valence-corrected chi connectivity index (χ0v) is 12.2. The Labute approximate surface area is 119 Å². The normalized spacial score (nSPS) is 13.2. The van der Waals surface area contributed by atoms with E-state index in [1.807, 2.05) is 32.0 Å². The van der Waals surface area contributed by atoms with Crippen molar-refractivity contribution in [1.82, 2.24) is 0 Å². The molecule has 0 aliphatic heterocycles. The van der Waals surface area contributed by atoms with Crippen LogP contribution < -0.4 is 5.73 Å². The molecule has 0 amide bonds. The number of rotatable bonds is 3. The van der Waals surface area contributed by atoms with Crippen LogP contribution in [-0.2, 0) is 10.1 Å². The van der Waals surface area contributed by atoms with Gasteiger partial charge in [-0.25, -0.2) is 0 Å². The topological polar surface area (TPSA) is 80.4 Å². The quantitative estimate of drug-likeness (QED) is 0.852. The molecule has 5 heteroatoms. The van der Waals surface area contributed by atoms with E-state index in [0.29, 0.717) is 5.56 Å². The summed E-state index contributed by atoms with van der Waals surface area (Å²) in [6.07, 6.45) is 0. The van der Waals surface area contributed by atoms with Crippen LogP contribution in [0.2, 0.25) is 0 Å². The molecule has 0 saturated carbocycles. The van der Waals surface area contributed by atoms with Crippen molar-refractivity contribution in [2.45, 2.75) is 24.8 Å². The summed E-state index contributed by atoms with van der Waals surface area (Å²) in [5.74, 6) is 0. The maximum atomic E-state index is 11.5. The predicted octanol–water partition coefficient (Wildman–Crippen LogP) is 2.93. The molecule has 2 aromatic carbocycles. The second-order valence-electron chi connectivity index (χ2n) is 4.89. The lowest BCUT2D eigenvalue weighted by atomic mass is 9.99. The van der Waals surface area contributed by atoms with Crippen molar-refractivity contribution in [3.8, 4) is 11.1 Å². The molecule has 0 bridgehead atoms. The van der Waals surface area contributed by atoms with Gasteiger partial charge in [-0.15, -0.1) is 0 Å². The molecular weight excluding hydrogens is 274 g/mol. The summed E-state index contributed by atoms with van der Waals surface area (Å²) < 4.78 is 32.3. The van der Waals surface area contributed by atoms with Gasteiger partial charge in [0.25, 0.3) is 10.1 Å². The fourth-order valence-electron chi connectivity index (χ4n) is 2.08. The van der Waals surface area contributed by atoms with E-state index in [4.69, 9.17) is 5.73 Å². The summed E-state index contributed by atoms with van der Waals surface area (Å²) in [4.78, 5) is -0.0927. The number of hydrogen-bond acceptors (Lipinski definition) is 3. The van der Waals surface area contributed by atoms with E-state index in [1.165, 1.54) is 6.07 Å². The van der Waals surface area contributed by atoms with E-state index in [2.05, 4.69) is 0 Å². The van der Waals surface area contributed by atoms with Crippen LogP contribution in [0.3, 0.4) is 0 Å². The molecular formula is C15H17NO3S. The highest BCUT2D eigenvalue weighted by atomic mass is 32.2. The van der Waals surface area contributed by atoms with Crippen LogP contribution in [0.15, 0.2) is 47.4 Å². The van der Waals surface area contributed by atoms with Gasteiger partial charge in [-0.1, -0.05) is 35.9 Å². The fourth-order valence-corrected chi connectivity index (χ4v) is 2.78. The molecule has 1 atom stereocenters. The second kappa shape index (κ2) is 5.36. The van der Waals surface area contributed by atoms with Crippen LogP contribution in [0, 0.1) is 6.92 Å². The minimum Gasteiger partial charge on any atom is -0.324 e. The van der Waals surface area contributed by atoms with Crippen molar-refractivity contribution in [1.29, 1.82) is 0 Å². The summed E-state index contributed by atoms with van der Waals surface area (Å²) in [5, 5.41) is 0. The highest BCUT2D eigenvalue weighted by molar-refractivity contribution is 7.86. The molecule has 2 rings (SSSR count). The Morgan fingerprint density at radius 2 is 1.85 bits per heavy atom. The summed E-state index contributed by atoms with van der Waals surface area (Å²) in [5.41, 5.74) is 8.87. The van der Waals surface area contributed by atoms with Crippen molar-refractivity contribution in [3.05, 3.63) is 53.6 Å². The van der Waals surface area contributed by atoms with Crippen LogP contribution in [-0.4, -0.2) is 13.0 Å². The van der Waals surface area contributed by atoms with Crippen molar-refractivity contribution in [2.75, 3.05) is 0 Å². The second-order valence-corrected chi connectivity index (χ2v) is 6.28. The van der Waals surface area contributed by atoms with Crippen LogP contribution in [0.5, 0.6) is 0 Å². The van der Waals surface area contributed by atoms with Crippen molar-refractivity contribution in [3.63, 3.8) is 0 Å². The minimum absolute atomic E-state index is 0.0927. The molecule has 1 unspecified atom stereocenters. The lowest BCUT2D eigenvalue weighted by molar-refractivity contribution is 0.483. The highest BCUT2D eigenvalue weighted by Gasteiger charge is 2.17. The third kappa shape index (κ3) is 3.07. The van der Waals surface area contributed by atoms with Gasteiger partial charge in [-0.3, -0.25) is 4.55 Å². The first kappa shape index (κ1) is 14.7. The Kier molecular flexibility index (Phi) is 3.94. The number of benzene rings is 2. The molecule has 0 heterocycles. The highest BCUT2D eigenvalue weighted by Crippen LogP contribution is 2.29. The zero-order chi connectivity index (χ0) is 14.9. The Bertz CT molecular complexity index is 737. The first-order chi connectivity index (χ1) is 9.29. The monoisotopic (exact) mass is 291 g/mol. The van der Waals surface area contributed by atoms with Gasteiger partial charge in [0.05, 0.1) is 0 Å². The molecule has 0 aliphatic carbocycles. The van der Waals surface area contributed by atoms with Gasteiger partial charge >= 0.3 is 0 Å². The van der Waals surface area contributed by atoms with Gasteiger partial charge in [0.15, 0.2) is 0 Å². The average Bonchev–Trinajstić information content (AvgIpc) is 2.37. The molecule has 0 fully saturated rings. The Hall–Kier alpha value is -1.69. The predicted molar refractivity (Wildman–Crippen MR) is 79.0 cm³/mol. The SMILES string of the molecule is Cc1ccc(S(=O)(=O)O)c(-c2cccc(C(C)N)c2)c1. The number of nitrogens with two attached hydrogens (primary N) is 1. The summed E-state index contributed by atoms with van der Waals surface area (Å²) in [6.45, 7) is 3.73. The van der Waals surface area contributed by atoms with Crippen LogP contribution in [0.4, 0.5) is 0 Å². The standard InChI is InChI=1S/C15H17NO3S/c1-10-6-7-15(20(17,18)19)14(8-10)13-5-3-4-12(9-13)11(2)16/h3-9,11H,16H2,1-2H3,(H,17,18,19). The third-order valence-corrected chi connectivity index (χ3v) is 4.05. The molecule has 106 valence electrons. The molecule has 0 aliphatic rings. The molecule has 0 aromatic heterocycles.